The summed E-state index contributed by atoms with van der Waals surface area (Å²) in [5.41, 5.74) is 7.60. The van der Waals surface area contributed by atoms with E-state index in [4.69, 9.17) is 5.73 Å². The van der Waals surface area contributed by atoms with Crippen molar-refractivity contribution in [1.29, 1.82) is 0 Å². The molecule has 0 bridgehead atoms. The highest BCUT2D eigenvalue weighted by molar-refractivity contribution is 5.70. The molecule has 0 amide bonds. The van der Waals surface area contributed by atoms with Gasteiger partial charge in [-0.05, 0) is 0 Å². The van der Waals surface area contributed by atoms with E-state index in [9.17, 15) is 26.3 Å². The van der Waals surface area contributed by atoms with Crippen LogP contribution in [0.2, 0.25) is 0 Å². The first-order valence-electron chi connectivity index (χ1n) is 5.80. The lowest BCUT2D eigenvalue weighted by atomic mass is 10.1. The molecule has 1 N–H and O–H groups in total. The van der Waals surface area contributed by atoms with Gasteiger partial charge in [0, 0.05) is 12.1 Å². The van der Waals surface area contributed by atoms with Gasteiger partial charge in [-0.25, -0.2) is 0 Å². The van der Waals surface area contributed by atoms with Crippen molar-refractivity contribution in [3.05, 3.63) is 17.5 Å². The van der Waals surface area contributed by atoms with Crippen molar-refractivity contribution in [3.8, 4) is 0 Å². The van der Waals surface area contributed by atoms with E-state index in [1.54, 1.807) is 0 Å². The number of hydrogen-bond donors (Lipinski definition) is 0. The first kappa shape index (κ1) is 17.9. The van der Waals surface area contributed by atoms with E-state index in [-0.39, 0.29) is 12.1 Å². The molecule has 0 aromatic carbocycles. The molecule has 0 aliphatic carbocycles. The highest BCUT2D eigenvalue weighted by Gasteiger charge is 2.41. The number of nitrogens with one attached hydrogen (secondary N) is 1. The summed E-state index contributed by atoms with van der Waals surface area (Å²) in [6.45, 7) is -2.07. The third-order valence-corrected chi connectivity index (χ3v) is 2.41. The van der Waals surface area contributed by atoms with Crippen LogP contribution in [0.4, 0.5) is 26.3 Å². The molecule has 1 aliphatic rings. The Hall–Kier alpha value is -1.13. The zero-order valence-corrected chi connectivity index (χ0v) is 10.9. The van der Waals surface area contributed by atoms with Crippen molar-refractivity contribution in [2.75, 3.05) is 13.2 Å². The summed E-state index contributed by atoms with van der Waals surface area (Å²) < 4.78 is 81.9. The van der Waals surface area contributed by atoms with E-state index in [2.05, 4.69) is 14.5 Å². The Morgan fingerprint density at radius 2 is 1.67 bits per heavy atom. The molecular weight excluding hydrogens is 306 g/mol. The Morgan fingerprint density at radius 3 is 1.95 bits per heavy atom. The SMILES string of the molecule is C[C@@H]([NH-])C1=CCC(OCC(F)(F)F)(OCC(F)(F)F)C=N1. The maximum atomic E-state index is 12.2. The van der Waals surface area contributed by atoms with E-state index in [1.165, 1.54) is 13.0 Å². The van der Waals surface area contributed by atoms with Crippen LogP contribution < -0.4 is 0 Å². The summed E-state index contributed by atoms with van der Waals surface area (Å²) in [6.07, 6.45) is -7.85. The second kappa shape index (κ2) is 6.32. The maximum absolute atomic E-state index is 12.2. The van der Waals surface area contributed by atoms with Crippen molar-refractivity contribution < 1.29 is 35.8 Å². The third-order valence-electron chi connectivity index (χ3n) is 2.41. The lowest BCUT2D eigenvalue weighted by Crippen LogP contribution is -2.44. The molecule has 0 spiro atoms. The Bertz CT molecular complexity index is 396. The van der Waals surface area contributed by atoms with Crippen molar-refractivity contribution in [2.45, 2.75) is 37.5 Å². The number of nitrogens with zero attached hydrogens (tertiary/aromatic N) is 1. The third kappa shape index (κ3) is 6.44. The van der Waals surface area contributed by atoms with E-state index < -0.39 is 37.4 Å². The average molecular weight is 319 g/mol. The zero-order valence-electron chi connectivity index (χ0n) is 10.9. The minimum absolute atomic E-state index is 0.219. The largest absolute Gasteiger partial charge is 0.670 e. The minimum atomic E-state index is -4.71. The van der Waals surface area contributed by atoms with Crippen LogP contribution in [0.3, 0.4) is 0 Å². The van der Waals surface area contributed by atoms with Gasteiger partial charge in [0.2, 0.25) is 5.79 Å². The number of ether oxygens (including phenoxy) is 2. The van der Waals surface area contributed by atoms with Crippen LogP contribution in [-0.4, -0.2) is 43.6 Å². The molecule has 0 saturated heterocycles. The summed E-state index contributed by atoms with van der Waals surface area (Å²) in [7, 11) is 0. The number of aliphatic imine (C=N–C) groups is 1. The van der Waals surface area contributed by atoms with Gasteiger partial charge in [0.1, 0.15) is 13.2 Å². The summed E-state index contributed by atoms with van der Waals surface area (Å²) in [5, 5.41) is 0. The highest BCUT2D eigenvalue weighted by Crippen LogP contribution is 2.29. The molecule has 1 heterocycles. The van der Waals surface area contributed by atoms with Gasteiger partial charge in [-0.2, -0.15) is 26.3 Å². The molecule has 1 aliphatic heterocycles. The van der Waals surface area contributed by atoms with Gasteiger partial charge in [-0.3, -0.25) is 4.99 Å². The summed E-state index contributed by atoms with van der Waals surface area (Å²) in [6, 6.07) is -0.760. The van der Waals surface area contributed by atoms with Crippen LogP contribution in [0.5, 0.6) is 0 Å². The molecule has 0 unspecified atom stereocenters. The van der Waals surface area contributed by atoms with Crippen LogP contribution in [-0.2, 0) is 9.47 Å². The quantitative estimate of drug-likeness (QED) is 0.574. The molecule has 0 aromatic rings. The van der Waals surface area contributed by atoms with E-state index in [1.807, 2.05) is 0 Å². The molecule has 0 saturated carbocycles. The van der Waals surface area contributed by atoms with Crippen molar-refractivity contribution >= 4 is 6.21 Å². The lowest BCUT2D eigenvalue weighted by Gasteiger charge is -2.33. The fourth-order valence-electron chi connectivity index (χ4n) is 1.46. The number of rotatable bonds is 5. The van der Waals surface area contributed by atoms with Crippen molar-refractivity contribution in [2.24, 2.45) is 4.99 Å². The normalized spacial score (nSPS) is 20.3. The Labute approximate surface area is 116 Å². The van der Waals surface area contributed by atoms with Gasteiger partial charge in [0.05, 0.1) is 6.21 Å². The van der Waals surface area contributed by atoms with E-state index in [0.717, 1.165) is 6.21 Å². The predicted octanol–water partition coefficient (Wildman–Crippen LogP) is 3.64. The predicted molar refractivity (Wildman–Crippen MR) is 61.7 cm³/mol. The Balaban J connectivity index is 2.80. The Kier molecular flexibility index (Phi) is 5.40. The minimum Gasteiger partial charge on any atom is -0.670 e. The number of hydrogen-bond acceptors (Lipinski definition) is 3. The molecule has 4 nitrogen and oxygen atoms in total. The molecule has 21 heavy (non-hydrogen) atoms. The second-order valence-electron chi connectivity index (χ2n) is 4.43. The van der Waals surface area contributed by atoms with Gasteiger partial charge in [0.15, 0.2) is 0 Å². The first-order chi connectivity index (χ1) is 9.43. The maximum Gasteiger partial charge on any atom is 0.411 e. The van der Waals surface area contributed by atoms with Crippen LogP contribution in [0.25, 0.3) is 5.73 Å². The molecule has 0 radical (unpaired) electrons. The monoisotopic (exact) mass is 319 g/mol. The summed E-state index contributed by atoms with van der Waals surface area (Å²) >= 11 is 0. The van der Waals surface area contributed by atoms with Crippen molar-refractivity contribution in [1.82, 2.24) is 0 Å². The molecule has 10 heteroatoms. The standard InChI is InChI=1S/C11H13F6N2O2/c1-7(18)8-2-3-9(4-19-8,20-5-10(12,13)14)21-6-11(15,16)17/h2,4,7,18H,3,5-6H2,1H3/q-1/t7-/m1/s1. The molecule has 1 atom stereocenters. The van der Waals surface area contributed by atoms with Crippen LogP contribution in [0.15, 0.2) is 16.8 Å². The fraction of sp³-hybridized carbons (Fsp3) is 0.727. The topological polar surface area (TPSA) is 54.6 Å². The van der Waals surface area contributed by atoms with Gasteiger partial charge in [-0.1, -0.05) is 19.0 Å². The van der Waals surface area contributed by atoms with E-state index in [0.29, 0.717) is 0 Å². The van der Waals surface area contributed by atoms with Gasteiger partial charge >= 0.3 is 12.4 Å². The van der Waals surface area contributed by atoms with Gasteiger partial charge in [-0.15, -0.1) is 0 Å². The molecule has 0 aromatic heterocycles. The summed E-state index contributed by atoms with van der Waals surface area (Å²) in [4.78, 5) is 3.65. The van der Waals surface area contributed by atoms with Gasteiger partial charge < -0.3 is 15.2 Å². The Morgan fingerprint density at radius 1 is 1.19 bits per heavy atom. The van der Waals surface area contributed by atoms with Crippen LogP contribution in [0, 0.1) is 0 Å². The summed E-state index contributed by atoms with van der Waals surface area (Å²) in [5.74, 6) is -2.23. The molecular formula is C11H13F6N2O2-. The lowest BCUT2D eigenvalue weighted by molar-refractivity contribution is -0.280. The molecule has 1 rings (SSSR count). The fourth-order valence-corrected chi connectivity index (χ4v) is 1.46. The second-order valence-corrected chi connectivity index (χ2v) is 4.43. The van der Waals surface area contributed by atoms with E-state index >= 15 is 0 Å². The molecule has 122 valence electrons. The van der Waals surface area contributed by atoms with Crippen LogP contribution in [0.1, 0.15) is 13.3 Å². The number of alkyl halides is 6. The number of halogens is 6. The molecule has 0 fully saturated rings. The van der Waals surface area contributed by atoms with Crippen molar-refractivity contribution in [3.63, 3.8) is 0 Å². The zero-order chi connectivity index (χ0) is 16.3. The average Bonchev–Trinajstić information content (AvgIpc) is 2.33. The van der Waals surface area contributed by atoms with Gasteiger partial charge in [0.25, 0.3) is 0 Å². The highest BCUT2D eigenvalue weighted by atomic mass is 19.4. The van der Waals surface area contributed by atoms with Crippen LogP contribution >= 0.6 is 0 Å². The smallest absolute Gasteiger partial charge is 0.411 e. The first-order valence-corrected chi connectivity index (χ1v) is 5.80.